The highest BCUT2D eigenvalue weighted by atomic mass is 32.2. The smallest absolute Gasteiger partial charge is 0.333 e. The van der Waals surface area contributed by atoms with Gasteiger partial charge in [0.05, 0.1) is 36.2 Å². The summed E-state index contributed by atoms with van der Waals surface area (Å²) in [4.78, 5) is 22.7. The first-order valence-electron chi connectivity index (χ1n) is 17.8. The molecule has 268 valence electrons. The number of hydrogen-bond acceptors (Lipinski definition) is 12. The van der Waals surface area contributed by atoms with Crippen LogP contribution < -0.4 is 19.5 Å². The van der Waals surface area contributed by atoms with Crippen LogP contribution in [0.25, 0.3) is 10.9 Å². The lowest BCUT2D eigenvalue weighted by molar-refractivity contribution is -0.157. The number of nitrogens with one attached hydrogen (secondary N) is 2. The number of aryl methyl sites for hydroxylation is 1. The van der Waals surface area contributed by atoms with Crippen LogP contribution in [0, 0.1) is 25.2 Å². The molecule has 4 bridgehead atoms. The molecule has 7 atom stereocenters. The fourth-order valence-electron chi connectivity index (χ4n) is 10.3. The van der Waals surface area contributed by atoms with Gasteiger partial charge in [0.15, 0.2) is 28.5 Å². The van der Waals surface area contributed by atoms with E-state index in [1.807, 2.05) is 39.1 Å². The number of piperazine rings is 1. The molecule has 4 aromatic rings. The number of benzene rings is 3. The molecule has 2 fully saturated rings. The van der Waals surface area contributed by atoms with Crippen LogP contribution in [0.4, 0.5) is 0 Å². The third-order valence-electron chi connectivity index (χ3n) is 12.6. The van der Waals surface area contributed by atoms with E-state index in [0.717, 1.165) is 45.3 Å². The highest BCUT2D eigenvalue weighted by Gasteiger charge is 2.61. The minimum Gasteiger partial charge on any atom is -0.507 e. The number of thioether (sulfide) groups is 1. The number of H-pyrrole nitrogens is 1. The Hall–Kier alpha value is -4.61. The van der Waals surface area contributed by atoms with Gasteiger partial charge in [-0.3, -0.25) is 15.1 Å². The van der Waals surface area contributed by atoms with Gasteiger partial charge in [0.2, 0.25) is 6.79 Å². The topological polar surface area (TPSA) is 153 Å². The van der Waals surface area contributed by atoms with Crippen molar-refractivity contribution in [1.29, 1.82) is 5.26 Å². The van der Waals surface area contributed by atoms with Crippen molar-refractivity contribution in [3.63, 3.8) is 0 Å². The average molecular weight is 722 g/mol. The molecule has 1 spiro atoms. The van der Waals surface area contributed by atoms with E-state index in [9.17, 15) is 20.3 Å². The molecule has 0 amide bonds. The summed E-state index contributed by atoms with van der Waals surface area (Å²) in [6.45, 7) is 4.24. The Kier molecular flexibility index (Phi) is 6.91. The van der Waals surface area contributed by atoms with Crippen molar-refractivity contribution < 1.29 is 34.0 Å². The fraction of sp³-hybridized carbons (Fsp3) is 0.436. The Morgan fingerprint density at radius 1 is 1.10 bits per heavy atom. The second kappa shape index (κ2) is 11.2. The Bertz CT molecular complexity index is 2270. The molecule has 8 heterocycles. The first kappa shape index (κ1) is 32.1. The van der Waals surface area contributed by atoms with Crippen molar-refractivity contribution in [3.8, 4) is 34.8 Å². The summed E-state index contributed by atoms with van der Waals surface area (Å²) in [5, 5.41) is 39.5. The molecule has 0 saturated carbocycles. The Morgan fingerprint density at radius 2 is 1.90 bits per heavy atom. The van der Waals surface area contributed by atoms with E-state index in [-0.39, 0.29) is 36.7 Å². The van der Waals surface area contributed by atoms with Gasteiger partial charge in [0, 0.05) is 57.5 Å². The zero-order chi connectivity index (χ0) is 35.8. The number of aromatic nitrogens is 1. The zero-order valence-electron chi connectivity index (χ0n) is 29.3. The number of esters is 1. The van der Waals surface area contributed by atoms with Gasteiger partial charge in [-0.05, 0) is 56.5 Å². The van der Waals surface area contributed by atoms with Gasteiger partial charge in [-0.25, -0.2) is 4.79 Å². The van der Waals surface area contributed by atoms with E-state index < -0.39 is 40.9 Å². The molecule has 1 aromatic heterocycles. The summed E-state index contributed by atoms with van der Waals surface area (Å²) >= 11 is 1.56. The number of hydrogen-bond donors (Lipinski definition) is 4. The third kappa shape index (κ3) is 3.95. The predicted octanol–water partition coefficient (Wildman–Crippen LogP) is 4.53. The molecule has 13 heteroatoms. The van der Waals surface area contributed by atoms with Crippen LogP contribution in [0.2, 0.25) is 0 Å². The molecule has 4 N–H and O–H groups in total. The van der Waals surface area contributed by atoms with Gasteiger partial charge >= 0.3 is 5.97 Å². The number of carbonyl (C=O) groups excluding carboxylic acids is 1. The average Bonchev–Trinajstić information content (AvgIpc) is 3.78. The van der Waals surface area contributed by atoms with Crippen molar-refractivity contribution in [2.75, 3.05) is 39.9 Å². The summed E-state index contributed by atoms with van der Waals surface area (Å²) < 4.78 is 24.3. The molecule has 2 saturated heterocycles. The van der Waals surface area contributed by atoms with Crippen molar-refractivity contribution in [2.24, 2.45) is 0 Å². The molecule has 0 radical (unpaired) electrons. The summed E-state index contributed by atoms with van der Waals surface area (Å²) in [6.07, 6.45) is 1.29. The second-order valence-corrected chi connectivity index (χ2v) is 16.0. The van der Waals surface area contributed by atoms with E-state index >= 15 is 0 Å². The molecule has 0 aliphatic carbocycles. The van der Waals surface area contributed by atoms with Crippen LogP contribution in [-0.4, -0.2) is 88.9 Å². The molecular formula is C39H39N5O7S. The Labute approximate surface area is 304 Å². The number of aromatic amines is 1. The first-order chi connectivity index (χ1) is 25.2. The maximum atomic E-state index is 14.7. The molecule has 7 aliphatic rings. The van der Waals surface area contributed by atoms with Crippen molar-refractivity contribution in [3.05, 3.63) is 75.0 Å². The number of methoxy groups -OCH3 is 1. The van der Waals surface area contributed by atoms with Crippen LogP contribution in [-0.2, 0) is 27.9 Å². The number of aromatic hydroxyl groups is 2. The minimum absolute atomic E-state index is 0.00787. The third-order valence-corrected chi connectivity index (χ3v) is 14.0. The van der Waals surface area contributed by atoms with Gasteiger partial charge < -0.3 is 34.1 Å². The highest BCUT2D eigenvalue weighted by molar-refractivity contribution is 7.99. The minimum atomic E-state index is -1.20. The van der Waals surface area contributed by atoms with Crippen molar-refractivity contribution in [1.82, 2.24) is 20.1 Å². The number of carbonyl (C=O) groups is 1. The number of fused-ring (bicyclic) bond motifs is 11. The van der Waals surface area contributed by atoms with Crippen LogP contribution in [0.5, 0.6) is 28.7 Å². The van der Waals surface area contributed by atoms with E-state index in [4.69, 9.17) is 18.9 Å². The Balaban J connectivity index is 1.23. The fourth-order valence-corrected chi connectivity index (χ4v) is 12.0. The van der Waals surface area contributed by atoms with E-state index in [1.54, 1.807) is 18.9 Å². The lowest BCUT2D eigenvalue weighted by atomic mass is 9.71. The number of phenolic OH excluding ortho intramolecular Hbond substituents is 2. The molecular weight excluding hydrogens is 683 g/mol. The number of nitrogens with zero attached hydrogens (tertiary/aromatic N) is 3. The summed E-state index contributed by atoms with van der Waals surface area (Å²) in [6, 6.07) is 10.5. The van der Waals surface area contributed by atoms with Crippen molar-refractivity contribution in [2.45, 2.75) is 67.7 Å². The first-order valence-corrected chi connectivity index (χ1v) is 18.8. The second-order valence-electron chi connectivity index (χ2n) is 14.9. The van der Waals surface area contributed by atoms with Crippen LogP contribution in [0.3, 0.4) is 0 Å². The lowest BCUT2D eigenvalue weighted by Crippen LogP contribution is -2.69. The van der Waals surface area contributed by atoms with Gasteiger partial charge in [-0.15, -0.1) is 11.8 Å². The SMILES string of the molecule is COc1c(C)cc2c(c1O)C1[C@@H]3[C@@H]4SC[C@]5(NCCc6c5[nH]c5ccccc65)C(=O)OC[C@@H](c5c6c(c(C)c(O)c54)OCO6)N3[C@@H](C#N)C(C2)N1C. The molecule has 3 aromatic carbocycles. The van der Waals surface area contributed by atoms with Gasteiger partial charge in [0.25, 0.3) is 0 Å². The standard InChI is InChI=1S/C39H39N5O7S/c1-17-11-19-12-23-24(13-40)44-25-14-49-38(47)39(37-21(9-10-41-39)20-7-5-6-8-22(20)42-37)15-52-36(28-27(25)35-34(50-16-51-35)18(2)31(28)45)30(44)29(43(23)3)26(19)32(46)33(17)48-4/h5-8,11,23-25,29-30,36,41-42,45-46H,9-10,12,14-16H2,1-4H3/t23?,24-,25-,29?,30+,36+,39+/m0/s1. The van der Waals surface area contributed by atoms with E-state index in [0.29, 0.717) is 46.9 Å². The predicted molar refractivity (Wildman–Crippen MR) is 192 cm³/mol. The maximum Gasteiger partial charge on any atom is 0.333 e. The highest BCUT2D eigenvalue weighted by Crippen LogP contribution is 2.64. The molecule has 52 heavy (non-hydrogen) atoms. The summed E-state index contributed by atoms with van der Waals surface area (Å²) in [5.41, 5.74) is 6.16. The summed E-state index contributed by atoms with van der Waals surface area (Å²) in [5.74, 6) is 1.47. The number of likely N-dealkylation sites (N-methyl/N-ethyl adjacent to an activating group) is 1. The Morgan fingerprint density at radius 3 is 2.71 bits per heavy atom. The largest absolute Gasteiger partial charge is 0.507 e. The van der Waals surface area contributed by atoms with E-state index in [2.05, 4.69) is 38.3 Å². The van der Waals surface area contributed by atoms with Crippen LogP contribution in [0.1, 0.15) is 62.0 Å². The number of para-hydroxylation sites is 1. The summed E-state index contributed by atoms with van der Waals surface area (Å²) in [7, 11) is 3.59. The van der Waals surface area contributed by atoms with Gasteiger partial charge in [-0.2, -0.15) is 5.26 Å². The van der Waals surface area contributed by atoms with Crippen molar-refractivity contribution >= 4 is 28.6 Å². The molecule has 7 aliphatic heterocycles. The zero-order valence-corrected chi connectivity index (χ0v) is 30.1. The normalized spacial score (nSPS) is 30.2. The van der Waals surface area contributed by atoms with Gasteiger partial charge in [-0.1, -0.05) is 24.3 Å². The van der Waals surface area contributed by atoms with Crippen LogP contribution in [0.15, 0.2) is 30.3 Å². The molecule has 2 unspecified atom stereocenters. The quantitative estimate of drug-likeness (QED) is 0.204. The van der Waals surface area contributed by atoms with Gasteiger partial charge in [0.1, 0.15) is 18.4 Å². The number of nitriles is 1. The number of phenols is 2. The van der Waals surface area contributed by atoms with Crippen LogP contribution >= 0.6 is 11.8 Å². The molecule has 11 rings (SSSR count). The monoisotopic (exact) mass is 721 g/mol. The lowest BCUT2D eigenvalue weighted by Gasteiger charge is -2.62. The molecule has 12 nitrogen and oxygen atoms in total. The maximum absolute atomic E-state index is 14.7. The van der Waals surface area contributed by atoms with E-state index in [1.165, 1.54) is 0 Å². The number of ether oxygens (including phenoxy) is 4. The number of rotatable bonds is 1.